The fourth-order valence-corrected chi connectivity index (χ4v) is 7.80. The largest absolute Gasteiger partial charge is 0.444 e. The van der Waals surface area contributed by atoms with Crippen LogP contribution in [-0.2, 0) is 54.7 Å². The molecule has 0 unspecified atom stereocenters. The van der Waals surface area contributed by atoms with Crippen molar-refractivity contribution in [2.75, 3.05) is 10.6 Å². The molecule has 2 aromatic heterocycles. The van der Waals surface area contributed by atoms with Gasteiger partial charge in [-0.05, 0) is 73.2 Å². The smallest absolute Gasteiger partial charge is 0.412 e. The van der Waals surface area contributed by atoms with E-state index < -0.39 is 71.1 Å². The average Bonchev–Trinajstić information content (AvgIpc) is 3.42. The van der Waals surface area contributed by atoms with Crippen molar-refractivity contribution in [1.29, 1.82) is 0 Å². The number of primary amides is 2. The van der Waals surface area contributed by atoms with Crippen molar-refractivity contribution in [3.8, 4) is 0 Å². The van der Waals surface area contributed by atoms with Gasteiger partial charge in [0.25, 0.3) is 11.1 Å². The van der Waals surface area contributed by atoms with Gasteiger partial charge in [0.05, 0.1) is 0 Å². The van der Waals surface area contributed by atoms with Crippen LogP contribution in [0.3, 0.4) is 0 Å². The van der Waals surface area contributed by atoms with Crippen molar-refractivity contribution in [2.45, 2.75) is 89.8 Å². The van der Waals surface area contributed by atoms with E-state index in [1.54, 1.807) is 50.3 Å². The second-order valence-electron chi connectivity index (χ2n) is 17.3. The van der Waals surface area contributed by atoms with Gasteiger partial charge in [-0.1, -0.05) is 146 Å². The molecule has 2 heterocycles. The zero-order chi connectivity index (χ0) is 54.7. The van der Waals surface area contributed by atoms with E-state index in [0.29, 0.717) is 12.8 Å². The molecule has 76 heavy (non-hydrogen) atoms. The molecule has 0 aliphatic heterocycles. The number of ether oxygens (including phenoxy) is 2. The summed E-state index contributed by atoms with van der Waals surface area (Å²) in [5.41, 5.74) is 12.7. The number of hydrogen-bond donors (Lipinski definition) is 6. The second kappa shape index (κ2) is 30.7. The van der Waals surface area contributed by atoms with Crippen LogP contribution in [0.1, 0.15) is 73.9 Å². The lowest BCUT2D eigenvalue weighted by Crippen LogP contribution is -2.43. The summed E-state index contributed by atoms with van der Waals surface area (Å²) >= 11 is 0. The fourth-order valence-electron chi connectivity index (χ4n) is 7.80. The third kappa shape index (κ3) is 19.3. The Morgan fingerprint density at radius 2 is 0.816 bits per heavy atom. The van der Waals surface area contributed by atoms with E-state index in [1.165, 1.54) is 33.7 Å². The molecule has 8 N–H and O–H groups in total. The lowest BCUT2D eigenvalue weighted by Gasteiger charge is -2.23. The fraction of sp³-hybridized carbons (Fsp3) is 0.241. The minimum Gasteiger partial charge on any atom is -0.444 e. The second-order valence-corrected chi connectivity index (χ2v) is 17.3. The predicted octanol–water partition coefficient (Wildman–Crippen LogP) is 7.41. The number of aromatic nitrogens is 2. The highest BCUT2D eigenvalue weighted by molar-refractivity contribution is 5.86. The Morgan fingerprint density at radius 1 is 0.487 bits per heavy atom. The minimum atomic E-state index is -0.923. The number of anilines is 2. The summed E-state index contributed by atoms with van der Waals surface area (Å²) < 4.78 is 13.0. The maximum Gasteiger partial charge on any atom is 0.412 e. The molecule has 6 rings (SSSR count). The SMILES string of the molecule is C/C=C/[C@H](CCC(N)=O)NC(=O)[C@@H](Cc1ccccc1)n1cccc(NC(=O)OCc2ccccc2)c1=O.C/C=C/[C@H](CCC(N)=O)NC(=O)[C@H](Cc1ccccc1)n1cccc(NC(=O)OCc2ccccc2)c1=O. The number of rotatable bonds is 24. The van der Waals surface area contributed by atoms with Gasteiger partial charge >= 0.3 is 12.2 Å². The van der Waals surface area contributed by atoms with Gasteiger partial charge in [-0.2, -0.15) is 0 Å². The van der Waals surface area contributed by atoms with Crippen LogP contribution in [0.4, 0.5) is 21.0 Å². The van der Waals surface area contributed by atoms with Crippen LogP contribution in [0.25, 0.3) is 0 Å². The molecule has 0 aliphatic rings. The van der Waals surface area contributed by atoms with Crippen molar-refractivity contribution in [3.63, 3.8) is 0 Å². The van der Waals surface area contributed by atoms with Gasteiger partial charge in [-0.15, -0.1) is 0 Å². The summed E-state index contributed by atoms with van der Waals surface area (Å²) in [5, 5.41) is 10.8. The summed E-state index contributed by atoms with van der Waals surface area (Å²) in [5.74, 6) is -1.76. The molecular formula is C58H64N8O10. The number of pyridine rings is 2. The van der Waals surface area contributed by atoms with Crippen LogP contribution in [0.2, 0.25) is 0 Å². The molecule has 0 bridgehead atoms. The number of nitrogens with two attached hydrogens (primary N) is 2. The molecule has 18 nitrogen and oxygen atoms in total. The van der Waals surface area contributed by atoms with Gasteiger partial charge in [0.2, 0.25) is 23.6 Å². The molecule has 0 radical (unpaired) electrons. The first-order valence-electron chi connectivity index (χ1n) is 24.6. The quantitative estimate of drug-likeness (QED) is 0.0327. The normalized spacial score (nSPS) is 12.4. The summed E-state index contributed by atoms with van der Waals surface area (Å²) in [6, 6.07) is 40.3. The van der Waals surface area contributed by atoms with E-state index in [4.69, 9.17) is 20.9 Å². The predicted molar refractivity (Wildman–Crippen MR) is 291 cm³/mol. The Hall–Kier alpha value is -9.32. The van der Waals surface area contributed by atoms with Crippen LogP contribution >= 0.6 is 0 Å². The molecule has 4 aromatic carbocycles. The molecule has 0 saturated heterocycles. The highest BCUT2D eigenvalue weighted by atomic mass is 16.6. The first-order valence-corrected chi connectivity index (χ1v) is 24.6. The lowest BCUT2D eigenvalue weighted by atomic mass is 10.0. The lowest BCUT2D eigenvalue weighted by molar-refractivity contribution is -0.125. The molecule has 0 spiro atoms. The molecule has 0 fully saturated rings. The van der Waals surface area contributed by atoms with E-state index in [9.17, 15) is 38.4 Å². The number of benzene rings is 4. The van der Waals surface area contributed by atoms with Crippen molar-refractivity contribution in [2.24, 2.45) is 11.5 Å². The Morgan fingerprint density at radius 3 is 1.13 bits per heavy atom. The summed E-state index contributed by atoms with van der Waals surface area (Å²) in [6.07, 6.45) is 9.83. The monoisotopic (exact) mass is 1030 g/mol. The molecule has 0 aliphatic carbocycles. The van der Waals surface area contributed by atoms with Crippen LogP contribution in [-0.4, -0.2) is 57.0 Å². The summed E-state index contributed by atoms with van der Waals surface area (Å²) in [4.78, 5) is 101. The average molecular weight is 1030 g/mol. The van der Waals surface area contributed by atoms with Crippen LogP contribution in [0, 0.1) is 0 Å². The van der Waals surface area contributed by atoms with Crippen molar-refractivity contribution in [3.05, 3.63) is 225 Å². The van der Waals surface area contributed by atoms with Crippen molar-refractivity contribution >= 4 is 47.2 Å². The maximum atomic E-state index is 13.5. The van der Waals surface area contributed by atoms with Gasteiger partial charge in [0.1, 0.15) is 36.7 Å². The number of nitrogens with zero attached hydrogens (tertiary/aromatic N) is 2. The molecule has 0 saturated carbocycles. The standard InChI is InChI=1S/2C29H32N4O5/c2*1-2-10-23(16-17-26(30)34)31-27(35)25(19-21-11-5-3-6-12-21)33-18-9-15-24(28(33)36)32-29(37)38-20-22-13-7-4-8-14-22/h2*2-15,18,23,25H,16-17,19-20H2,1H3,(H2,30,34)(H,31,35)(H,32,37)/b2*10-2+/t23-,25+;23-,25-/m11/s1. The van der Waals surface area contributed by atoms with Crippen molar-refractivity contribution in [1.82, 2.24) is 19.8 Å². The third-order valence-electron chi connectivity index (χ3n) is 11.6. The Labute approximate surface area is 440 Å². The Balaban J connectivity index is 0.000000281. The van der Waals surface area contributed by atoms with Gasteiger partial charge in [-0.25, -0.2) is 9.59 Å². The Kier molecular flexibility index (Phi) is 23.2. The third-order valence-corrected chi connectivity index (χ3v) is 11.6. The molecule has 4 atom stereocenters. The Bertz CT molecular complexity index is 2820. The topological polar surface area (TPSA) is 265 Å². The molecule has 6 aromatic rings. The number of nitrogens with one attached hydrogen (secondary N) is 4. The number of hydrogen-bond acceptors (Lipinski definition) is 10. The highest BCUT2D eigenvalue weighted by Gasteiger charge is 2.27. The van der Waals surface area contributed by atoms with E-state index in [-0.39, 0.29) is 50.3 Å². The molecular weight excluding hydrogens is 969 g/mol. The van der Waals surface area contributed by atoms with E-state index in [1.807, 2.05) is 121 Å². The first kappa shape index (κ1) is 57.6. The maximum absolute atomic E-state index is 13.5. The van der Waals surface area contributed by atoms with Gasteiger partial charge in [0.15, 0.2) is 0 Å². The van der Waals surface area contributed by atoms with Gasteiger partial charge in [-0.3, -0.25) is 39.4 Å². The number of allylic oxidation sites excluding steroid dienone is 2. The van der Waals surface area contributed by atoms with Crippen LogP contribution in [0.5, 0.6) is 0 Å². The zero-order valence-electron chi connectivity index (χ0n) is 42.4. The first-order chi connectivity index (χ1) is 36.7. The highest BCUT2D eigenvalue weighted by Crippen LogP contribution is 2.18. The number of amides is 6. The number of carbonyl (C=O) groups is 6. The van der Waals surface area contributed by atoms with Gasteiger partial charge < -0.3 is 40.7 Å². The van der Waals surface area contributed by atoms with Crippen LogP contribution < -0.4 is 43.9 Å². The van der Waals surface area contributed by atoms with Crippen LogP contribution in [0.15, 0.2) is 192 Å². The number of carbonyl (C=O) groups excluding carboxylic acids is 6. The summed E-state index contributed by atoms with van der Waals surface area (Å²) in [6.45, 7) is 3.71. The zero-order valence-corrected chi connectivity index (χ0v) is 42.4. The van der Waals surface area contributed by atoms with E-state index in [2.05, 4.69) is 21.3 Å². The minimum absolute atomic E-state index is 0.0184. The van der Waals surface area contributed by atoms with Crippen molar-refractivity contribution < 1.29 is 38.2 Å². The molecule has 18 heteroatoms. The van der Waals surface area contributed by atoms with E-state index in [0.717, 1.165) is 22.3 Å². The van der Waals surface area contributed by atoms with E-state index >= 15 is 0 Å². The molecule has 6 amide bonds. The summed E-state index contributed by atoms with van der Waals surface area (Å²) in [7, 11) is 0. The van der Waals surface area contributed by atoms with Gasteiger partial charge in [0, 0.05) is 50.2 Å². The molecule has 396 valence electrons.